The number of aryl methyl sites for hydroxylation is 1. The van der Waals surface area contributed by atoms with Crippen molar-refractivity contribution in [3.63, 3.8) is 0 Å². The molecule has 10 heteroatoms. The van der Waals surface area contributed by atoms with Gasteiger partial charge in [-0.1, -0.05) is 35.9 Å². The van der Waals surface area contributed by atoms with Crippen molar-refractivity contribution >= 4 is 17.9 Å². The molecular weight excluding hydrogens is 452 g/mol. The lowest BCUT2D eigenvalue weighted by Gasteiger charge is -2.35. The molecule has 1 unspecified atom stereocenters. The summed E-state index contributed by atoms with van der Waals surface area (Å²) in [5.41, 5.74) is 3.49. The monoisotopic (exact) mass is 484 g/mol. The summed E-state index contributed by atoms with van der Waals surface area (Å²) in [6.45, 7) is 2.91. The van der Waals surface area contributed by atoms with Crippen LogP contribution in [-0.4, -0.2) is 98.2 Å². The van der Waals surface area contributed by atoms with Crippen molar-refractivity contribution in [2.45, 2.75) is 32.5 Å². The average molecular weight is 485 g/mol. The van der Waals surface area contributed by atoms with Crippen LogP contribution in [0.15, 0.2) is 42.5 Å². The van der Waals surface area contributed by atoms with Crippen LogP contribution < -0.4 is 0 Å². The zero-order valence-corrected chi connectivity index (χ0v) is 19.8. The predicted octanol–water partition coefficient (Wildman–Crippen LogP) is 1.17. The maximum absolute atomic E-state index is 11.8. The molecule has 2 heterocycles. The summed E-state index contributed by atoms with van der Waals surface area (Å²) in [5.74, 6) is -2.94. The highest BCUT2D eigenvalue weighted by Crippen LogP contribution is 2.17. The second-order valence-electron chi connectivity index (χ2n) is 9.00. The van der Waals surface area contributed by atoms with Crippen LogP contribution in [0.5, 0.6) is 0 Å². The van der Waals surface area contributed by atoms with Crippen molar-refractivity contribution in [3.8, 4) is 0 Å². The fourth-order valence-electron chi connectivity index (χ4n) is 4.35. The molecule has 0 radical (unpaired) electrons. The Morgan fingerprint density at radius 3 is 2.03 bits per heavy atom. The first-order valence-electron chi connectivity index (χ1n) is 11.5. The first kappa shape index (κ1) is 26.3. The molecule has 2 bridgehead atoms. The highest BCUT2D eigenvalue weighted by atomic mass is 16.4. The summed E-state index contributed by atoms with van der Waals surface area (Å²) in [4.78, 5) is 44.8. The summed E-state index contributed by atoms with van der Waals surface area (Å²) in [7, 11) is 0. The van der Waals surface area contributed by atoms with Crippen molar-refractivity contribution in [3.05, 3.63) is 65.0 Å². The number of aliphatic carboxylic acids is 3. The molecule has 0 fully saturated rings. The van der Waals surface area contributed by atoms with Gasteiger partial charge in [-0.05, 0) is 31.0 Å². The predicted molar refractivity (Wildman–Crippen MR) is 128 cm³/mol. The van der Waals surface area contributed by atoms with Gasteiger partial charge in [-0.3, -0.25) is 34.1 Å². The van der Waals surface area contributed by atoms with Gasteiger partial charge in [-0.2, -0.15) is 0 Å². The van der Waals surface area contributed by atoms with Crippen molar-refractivity contribution in [1.29, 1.82) is 0 Å². The Kier molecular flexibility index (Phi) is 9.30. The third-order valence-electron chi connectivity index (χ3n) is 5.98. The highest BCUT2D eigenvalue weighted by Gasteiger charge is 2.27. The number of carboxylic acid groups (broad SMARTS) is 3. The van der Waals surface area contributed by atoms with Crippen LogP contribution in [0.4, 0.5) is 0 Å². The van der Waals surface area contributed by atoms with Crippen LogP contribution in [-0.2, 0) is 33.9 Å². The second-order valence-corrected chi connectivity index (χ2v) is 9.00. The van der Waals surface area contributed by atoms with Gasteiger partial charge in [0.05, 0.1) is 31.0 Å². The molecule has 1 aliphatic rings. The molecule has 1 aromatic carbocycles. The first-order chi connectivity index (χ1) is 16.7. The van der Waals surface area contributed by atoms with Gasteiger partial charge in [0.1, 0.15) is 0 Å². The van der Waals surface area contributed by atoms with Crippen LogP contribution >= 0.6 is 0 Å². The van der Waals surface area contributed by atoms with E-state index in [1.165, 1.54) is 0 Å². The zero-order chi connectivity index (χ0) is 25.4. The van der Waals surface area contributed by atoms with E-state index in [1.807, 2.05) is 54.3 Å². The van der Waals surface area contributed by atoms with E-state index in [0.29, 0.717) is 44.0 Å². The molecule has 1 aromatic heterocycles. The van der Waals surface area contributed by atoms with Crippen LogP contribution in [0, 0.1) is 6.92 Å². The van der Waals surface area contributed by atoms with Gasteiger partial charge in [-0.25, -0.2) is 0 Å². The minimum Gasteiger partial charge on any atom is -0.480 e. The lowest BCUT2D eigenvalue weighted by atomic mass is 10.0. The molecular formula is C25H32N4O6. The molecule has 2 aromatic rings. The number of carbonyl (C=O) groups is 3. The van der Waals surface area contributed by atoms with Crippen LogP contribution in [0.2, 0.25) is 0 Å². The topological polar surface area (TPSA) is 135 Å². The van der Waals surface area contributed by atoms with E-state index in [4.69, 9.17) is 0 Å². The Hall–Kier alpha value is -3.34. The molecule has 3 N–H and O–H groups in total. The Balaban J connectivity index is 1.99. The van der Waals surface area contributed by atoms with Gasteiger partial charge >= 0.3 is 17.9 Å². The van der Waals surface area contributed by atoms with E-state index in [2.05, 4.69) is 4.98 Å². The lowest BCUT2D eigenvalue weighted by molar-refractivity contribution is -0.141. The smallest absolute Gasteiger partial charge is 0.317 e. The number of aromatic nitrogens is 1. The summed E-state index contributed by atoms with van der Waals surface area (Å²) in [5, 5.41) is 28.5. The summed E-state index contributed by atoms with van der Waals surface area (Å²) >= 11 is 0. The van der Waals surface area contributed by atoms with E-state index in [-0.39, 0.29) is 32.2 Å². The van der Waals surface area contributed by atoms with Gasteiger partial charge in [0, 0.05) is 38.8 Å². The molecule has 35 heavy (non-hydrogen) atoms. The second kappa shape index (κ2) is 12.4. The van der Waals surface area contributed by atoms with E-state index in [1.54, 1.807) is 9.80 Å². The van der Waals surface area contributed by atoms with Gasteiger partial charge in [0.2, 0.25) is 0 Å². The Labute approximate surface area is 204 Å². The van der Waals surface area contributed by atoms with Crippen molar-refractivity contribution in [2.75, 3.05) is 39.3 Å². The van der Waals surface area contributed by atoms with Crippen LogP contribution in [0.25, 0.3) is 0 Å². The number of pyridine rings is 1. The minimum atomic E-state index is -0.993. The number of hydrogen-bond acceptors (Lipinski definition) is 7. The Morgan fingerprint density at radius 2 is 1.40 bits per heavy atom. The molecule has 188 valence electrons. The van der Waals surface area contributed by atoms with Crippen molar-refractivity contribution in [1.82, 2.24) is 19.7 Å². The number of benzene rings is 1. The SMILES string of the molecule is Cc1ccc(CC2CN(CC(=O)O)CCN(CC(=O)O)Cc3cccc(n3)CN2CC(=O)O)cc1. The largest absolute Gasteiger partial charge is 0.480 e. The third kappa shape index (κ3) is 8.75. The Morgan fingerprint density at radius 1 is 0.829 bits per heavy atom. The van der Waals surface area contributed by atoms with Gasteiger partial charge in [-0.15, -0.1) is 0 Å². The lowest BCUT2D eigenvalue weighted by Crippen LogP contribution is -2.50. The summed E-state index contributed by atoms with van der Waals surface area (Å²) < 4.78 is 0. The normalized spacial score (nSPS) is 18.4. The number of nitrogens with zero attached hydrogens (tertiary/aromatic N) is 4. The zero-order valence-electron chi connectivity index (χ0n) is 19.8. The number of rotatable bonds is 8. The summed E-state index contributed by atoms with van der Waals surface area (Å²) in [6, 6.07) is 13.2. The van der Waals surface area contributed by atoms with E-state index >= 15 is 0 Å². The van der Waals surface area contributed by atoms with Crippen molar-refractivity contribution in [2.24, 2.45) is 0 Å². The molecule has 1 atom stereocenters. The number of hydrogen-bond donors (Lipinski definition) is 3. The maximum Gasteiger partial charge on any atom is 0.317 e. The van der Waals surface area contributed by atoms with Gasteiger partial charge in [0.25, 0.3) is 0 Å². The fourth-order valence-corrected chi connectivity index (χ4v) is 4.35. The molecule has 3 rings (SSSR count). The first-order valence-corrected chi connectivity index (χ1v) is 11.5. The summed E-state index contributed by atoms with van der Waals surface area (Å²) in [6.07, 6.45) is 0.530. The molecule has 0 spiro atoms. The van der Waals surface area contributed by atoms with Crippen LogP contribution in [0.1, 0.15) is 22.5 Å². The van der Waals surface area contributed by atoms with Gasteiger partial charge in [0.15, 0.2) is 0 Å². The van der Waals surface area contributed by atoms with Crippen LogP contribution in [0.3, 0.4) is 0 Å². The standard InChI is InChI=1S/C25H32N4O6/c1-18-5-7-19(8-6-18)11-22-14-28(16-24(32)33)10-9-27(15-23(30)31)12-20-3-2-4-21(26-20)13-29(22)17-25(34)35/h2-8,22H,9-17H2,1H3,(H,30,31)(H,32,33)(H,34,35). The molecule has 0 saturated heterocycles. The van der Waals surface area contributed by atoms with E-state index in [0.717, 1.165) is 11.1 Å². The molecule has 0 aliphatic carbocycles. The molecule has 10 nitrogen and oxygen atoms in total. The van der Waals surface area contributed by atoms with Crippen molar-refractivity contribution < 1.29 is 29.7 Å². The van der Waals surface area contributed by atoms with E-state index in [9.17, 15) is 29.7 Å². The fraction of sp³-hybridized carbons (Fsp3) is 0.440. The van der Waals surface area contributed by atoms with Gasteiger partial charge < -0.3 is 15.3 Å². The molecule has 1 aliphatic heterocycles. The third-order valence-corrected chi connectivity index (χ3v) is 5.98. The maximum atomic E-state index is 11.8. The Bertz CT molecular complexity index is 1030. The molecule has 0 saturated carbocycles. The quantitative estimate of drug-likeness (QED) is 0.501. The average Bonchev–Trinajstić information content (AvgIpc) is 2.76. The highest BCUT2D eigenvalue weighted by molar-refractivity contribution is 5.70. The number of carboxylic acids is 3. The number of fused-ring (bicyclic) bond motifs is 2. The molecule has 0 amide bonds. The minimum absolute atomic E-state index is 0.190. The van der Waals surface area contributed by atoms with E-state index < -0.39 is 17.9 Å².